The fourth-order valence-electron chi connectivity index (χ4n) is 3.70. The molecule has 5 heteroatoms. The van der Waals surface area contributed by atoms with Gasteiger partial charge in [-0.25, -0.2) is 0 Å². The number of hydrogen-bond donors (Lipinski definition) is 1. The van der Waals surface area contributed by atoms with E-state index in [1.165, 1.54) is 0 Å². The zero-order valence-electron chi connectivity index (χ0n) is 12.8. The van der Waals surface area contributed by atoms with Crippen molar-refractivity contribution in [3.05, 3.63) is 34.4 Å². The summed E-state index contributed by atoms with van der Waals surface area (Å²) in [6.07, 6.45) is 3.04. The van der Waals surface area contributed by atoms with Crippen LogP contribution in [0.4, 0.5) is 0 Å². The average molecular weight is 299 g/mol. The van der Waals surface area contributed by atoms with Gasteiger partial charge in [-0.2, -0.15) is 5.26 Å². The van der Waals surface area contributed by atoms with Crippen LogP contribution in [-0.4, -0.2) is 36.5 Å². The molecule has 1 aromatic carbocycles. The van der Waals surface area contributed by atoms with E-state index in [4.69, 9.17) is 10.5 Å². The number of nitrogens with two attached hydrogens (primary N) is 1. The maximum absolute atomic E-state index is 11.6. The van der Waals surface area contributed by atoms with E-state index in [9.17, 15) is 10.1 Å². The predicted molar refractivity (Wildman–Crippen MR) is 82.3 cm³/mol. The molecule has 1 saturated heterocycles. The minimum Gasteiger partial charge on any atom is -0.371 e. The van der Waals surface area contributed by atoms with Crippen LogP contribution >= 0.6 is 0 Å². The second-order valence-corrected chi connectivity index (χ2v) is 6.01. The van der Waals surface area contributed by atoms with Gasteiger partial charge in [0.1, 0.15) is 0 Å². The Labute approximate surface area is 130 Å². The van der Waals surface area contributed by atoms with E-state index in [2.05, 4.69) is 17.9 Å². The molecule has 0 bridgehead atoms. The molecule has 1 aromatic rings. The first-order valence-electron chi connectivity index (χ1n) is 7.88. The third kappa shape index (κ3) is 2.49. The van der Waals surface area contributed by atoms with Crippen LogP contribution in [0.1, 0.15) is 52.9 Å². The second kappa shape index (κ2) is 6.07. The van der Waals surface area contributed by atoms with E-state index in [-0.39, 0.29) is 6.10 Å². The number of nitriles is 1. The number of morpholine rings is 1. The molecule has 1 aliphatic carbocycles. The van der Waals surface area contributed by atoms with Gasteiger partial charge in [-0.05, 0) is 49.1 Å². The highest BCUT2D eigenvalue weighted by molar-refractivity contribution is 5.95. The lowest BCUT2D eigenvalue weighted by Crippen LogP contribution is -2.49. The number of carbonyl (C=O) groups is 1. The highest BCUT2D eigenvalue weighted by Crippen LogP contribution is 2.39. The van der Waals surface area contributed by atoms with Crippen molar-refractivity contribution in [2.24, 2.45) is 5.73 Å². The summed E-state index contributed by atoms with van der Waals surface area (Å²) in [5.41, 5.74) is 8.24. The maximum atomic E-state index is 11.6. The van der Waals surface area contributed by atoms with Crippen LogP contribution in [0.25, 0.3) is 0 Å². The largest absolute Gasteiger partial charge is 0.371 e. The Balaban J connectivity index is 2.01. The van der Waals surface area contributed by atoms with Gasteiger partial charge in [0.2, 0.25) is 5.91 Å². The van der Waals surface area contributed by atoms with Crippen molar-refractivity contribution >= 4 is 5.91 Å². The Morgan fingerprint density at radius 3 is 3.05 bits per heavy atom. The normalized spacial score (nSPS) is 24.2. The number of fused-ring (bicyclic) bond motifs is 3. The first kappa shape index (κ1) is 15.0. The van der Waals surface area contributed by atoms with Gasteiger partial charge >= 0.3 is 0 Å². The van der Waals surface area contributed by atoms with Crippen molar-refractivity contribution in [3.63, 3.8) is 0 Å². The number of rotatable bonds is 3. The smallest absolute Gasteiger partial charge is 0.250 e. The summed E-state index contributed by atoms with van der Waals surface area (Å²) in [5, 5.41) is 9.22. The van der Waals surface area contributed by atoms with Crippen molar-refractivity contribution < 1.29 is 9.53 Å². The number of nitrogens with zero attached hydrogens (tertiary/aromatic N) is 2. The van der Waals surface area contributed by atoms with Crippen LogP contribution in [0.2, 0.25) is 0 Å². The molecule has 1 amide bonds. The number of hydrogen-bond acceptors (Lipinski definition) is 4. The molecular weight excluding hydrogens is 278 g/mol. The molecule has 116 valence electrons. The van der Waals surface area contributed by atoms with Gasteiger partial charge in [-0.3, -0.25) is 9.69 Å². The zero-order valence-corrected chi connectivity index (χ0v) is 12.8. The summed E-state index contributed by atoms with van der Waals surface area (Å²) in [7, 11) is 0. The summed E-state index contributed by atoms with van der Waals surface area (Å²) in [5.74, 6) is -0.553. The summed E-state index contributed by atoms with van der Waals surface area (Å²) < 4.78 is 6.02. The van der Waals surface area contributed by atoms with Crippen molar-refractivity contribution in [1.29, 1.82) is 5.26 Å². The Hall–Kier alpha value is -1.90. The Morgan fingerprint density at radius 1 is 1.55 bits per heavy atom. The molecule has 0 spiro atoms. The van der Waals surface area contributed by atoms with E-state index in [0.29, 0.717) is 23.8 Å². The average Bonchev–Trinajstić information content (AvgIpc) is 2.53. The van der Waals surface area contributed by atoms with Crippen LogP contribution in [0.15, 0.2) is 12.1 Å². The van der Waals surface area contributed by atoms with Gasteiger partial charge in [0.15, 0.2) is 0 Å². The number of ether oxygens (including phenoxy) is 1. The van der Waals surface area contributed by atoms with Crippen LogP contribution in [0.3, 0.4) is 0 Å². The topological polar surface area (TPSA) is 79.3 Å². The lowest BCUT2D eigenvalue weighted by molar-refractivity contribution is -0.0801. The minimum absolute atomic E-state index is 0.0186. The van der Waals surface area contributed by atoms with Crippen LogP contribution in [0.5, 0.6) is 0 Å². The highest BCUT2D eigenvalue weighted by atomic mass is 16.5. The van der Waals surface area contributed by atoms with Gasteiger partial charge in [-0.15, -0.1) is 0 Å². The van der Waals surface area contributed by atoms with E-state index in [1.54, 1.807) is 6.07 Å². The molecule has 0 aromatic heterocycles. The second-order valence-electron chi connectivity index (χ2n) is 6.01. The van der Waals surface area contributed by atoms with Crippen LogP contribution in [0, 0.1) is 11.3 Å². The van der Waals surface area contributed by atoms with Crippen molar-refractivity contribution in [2.75, 3.05) is 19.7 Å². The van der Waals surface area contributed by atoms with E-state index >= 15 is 0 Å². The number of primary amides is 1. The molecule has 22 heavy (non-hydrogen) atoms. The van der Waals surface area contributed by atoms with E-state index in [0.717, 1.165) is 43.5 Å². The number of benzene rings is 1. The fraction of sp³-hybridized carbons (Fsp3) is 0.529. The molecule has 1 fully saturated rings. The lowest BCUT2D eigenvalue weighted by atomic mass is 9.82. The summed E-state index contributed by atoms with van der Waals surface area (Å²) in [6.45, 7) is 4.92. The first-order chi connectivity index (χ1) is 10.7. The molecule has 0 saturated carbocycles. The van der Waals surface area contributed by atoms with Crippen LogP contribution in [-0.2, 0) is 11.2 Å². The maximum Gasteiger partial charge on any atom is 0.250 e. The quantitative estimate of drug-likeness (QED) is 0.922. The standard InChI is InChI=1S/C17H21N3O2/c1-2-5-20-6-7-22-16-13-9-14(17(19)21)12(10-18)8-11(13)3-4-15(16)20/h8-9,15-16H,2-7H2,1H3,(H2,19,21). The molecule has 5 nitrogen and oxygen atoms in total. The first-order valence-corrected chi connectivity index (χ1v) is 7.88. The summed E-state index contributed by atoms with van der Waals surface area (Å²) in [6, 6.07) is 6.03. The van der Waals surface area contributed by atoms with Crippen LogP contribution < -0.4 is 5.73 Å². The monoisotopic (exact) mass is 299 g/mol. The summed E-state index contributed by atoms with van der Waals surface area (Å²) in [4.78, 5) is 14.1. The number of amides is 1. The third-order valence-corrected chi connectivity index (χ3v) is 4.69. The van der Waals surface area contributed by atoms with Crippen molar-refractivity contribution in [3.8, 4) is 6.07 Å². The van der Waals surface area contributed by atoms with Gasteiger partial charge in [-0.1, -0.05) is 6.92 Å². The van der Waals surface area contributed by atoms with E-state index in [1.807, 2.05) is 6.07 Å². The molecule has 1 aliphatic heterocycles. The highest BCUT2D eigenvalue weighted by Gasteiger charge is 2.37. The molecule has 3 rings (SSSR count). The van der Waals surface area contributed by atoms with Gasteiger partial charge in [0.25, 0.3) is 0 Å². The molecule has 2 atom stereocenters. The minimum atomic E-state index is -0.553. The van der Waals surface area contributed by atoms with Crippen molar-refractivity contribution in [2.45, 2.75) is 38.3 Å². The molecule has 0 radical (unpaired) electrons. The third-order valence-electron chi connectivity index (χ3n) is 4.69. The molecule has 2 N–H and O–H groups in total. The molecule has 2 aliphatic rings. The van der Waals surface area contributed by atoms with Crippen molar-refractivity contribution in [1.82, 2.24) is 4.90 Å². The Bertz CT molecular complexity index is 634. The van der Waals surface area contributed by atoms with Gasteiger partial charge in [0.05, 0.1) is 29.9 Å². The predicted octanol–water partition coefficient (Wildman–Crippen LogP) is 1.76. The summed E-state index contributed by atoms with van der Waals surface area (Å²) >= 11 is 0. The van der Waals surface area contributed by atoms with Gasteiger partial charge < -0.3 is 10.5 Å². The number of carbonyl (C=O) groups excluding carboxylic acids is 1. The zero-order chi connectivity index (χ0) is 15.7. The van der Waals surface area contributed by atoms with E-state index < -0.39 is 5.91 Å². The SMILES string of the molecule is CCCN1CCOC2c3cc(C(N)=O)c(C#N)cc3CCC21. The molecule has 2 unspecified atom stereocenters. The molecule has 1 heterocycles. The Kier molecular flexibility index (Phi) is 4.14. The Morgan fingerprint density at radius 2 is 2.36 bits per heavy atom. The van der Waals surface area contributed by atoms with Gasteiger partial charge in [0, 0.05) is 12.6 Å². The fourth-order valence-corrected chi connectivity index (χ4v) is 3.70. The molecular formula is C17H21N3O2. The lowest BCUT2D eigenvalue weighted by Gasteiger charge is -2.44. The number of aryl methyl sites for hydroxylation is 1.